The molecule has 0 atom stereocenters. The van der Waals surface area contributed by atoms with E-state index in [9.17, 15) is 9.59 Å². The molecule has 0 heterocycles. The Morgan fingerprint density at radius 3 is 2.58 bits per heavy atom. The van der Waals surface area contributed by atoms with Gasteiger partial charge in [0.25, 0.3) is 5.91 Å². The Morgan fingerprint density at radius 1 is 1.42 bits per heavy atom. The zero-order chi connectivity index (χ0) is 14.6. The highest BCUT2D eigenvalue weighted by molar-refractivity contribution is 9.10. The number of carboxylic acids is 1. The molecule has 0 aliphatic heterocycles. The van der Waals surface area contributed by atoms with Crippen molar-refractivity contribution in [1.82, 2.24) is 4.90 Å². The summed E-state index contributed by atoms with van der Waals surface area (Å²) < 4.78 is 6.04. The summed E-state index contributed by atoms with van der Waals surface area (Å²) in [5.41, 5.74) is 0.706. The van der Waals surface area contributed by atoms with Crippen LogP contribution in [-0.2, 0) is 4.79 Å². The van der Waals surface area contributed by atoms with Gasteiger partial charge in [-0.15, -0.1) is 0 Å². The van der Waals surface area contributed by atoms with Crippen molar-refractivity contribution in [2.24, 2.45) is 0 Å². The number of ether oxygens (including phenoxy) is 1. The molecule has 0 saturated carbocycles. The Labute approximate surface area is 120 Å². The molecule has 0 bridgehead atoms. The summed E-state index contributed by atoms with van der Waals surface area (Å²) >= 11 is 3.24. The number of aryl methyl sites for hydroxylation is 1. The maximum absolute atomic E-state index is 11.7. The maximum Gasteiger partial charge on any atom is 0.339 e. The molecule has 0 saturated heterocycles. The van der Waals surface area contributed by atoms with Crippen molar-refractivity contribution in [3.63, 3.8) is 0 Å². The maximum atomic E-state index is 11.7. The van der Waals surface area contributed by atoms with Gasteiger partial charge in [-0.05, 0) is 31.5 Å². The number of hydrogen-bond donors (Lipinski definition) is 1. The van der Waals surface area contributed by atoms with Crippen molar-refractivity contribution in [2.75, 3.05) is 20.2 Å². The summed E-state index contributed by atoms with van der Waals surface area (Å²) in [7, 11) is 1.66. The molecule has 0 fully saturated rings. The van der Waals surface area contributed by atoms with Crippen molar-refractivity contribution in [3.05, 3.63) is 27.7 Å². The van der Waals surface area contributed by atoms with Crippen LogP contribution in [0.15, 0.2) is 16.6 Å². The third kappa shape index (κ3) is 3.96. The minimum atomic E-state index is -1.09. The lowest BCUT2D eigenvalue weighted by Gasteiger charge is -2.17. The molecule has 5 nitrogen and oxygen atoms in total. The van der Waals surface area contributed by atoms with Gasteiger partial charge < -0.3 is 14.7 Å². The second kappa shape index (κ2) is 6.56. The fourth-order valence-corrected chi connectivity index (χ4v) is 2.07. The first-order valence-corrected chi connectivity index (χ1v) is 6.56. The van der Waals surface area contributed by atoms with Crippen LogP contribution in [-0.4, -0.2) is 42.1 Å². The zero-order valence-corrected chi connectivity index (χ0v) is 12.7. The quantitative estimate of drug-likeness (QED) is 0.900. The van der Waals surface area contributed by atoms with Crippen molar-refractivity contribution < 1.29 is 19.4 Å². The van der Waals surface area contributed by atoms with Gasteiger partial charge in [-0.3, -0.25) is 4.79 Å². The lowest BCUT2D eigenvalue weighted by atomic mass is 10.1. The molecular formula is C13H16BrNO4. The molecular weight excluding hydrogens is 314 g/mol. The highest BCUT2D eigenvalue weighted by Gasteiger charge is 2.17. The second-order valence-corrected chi connectivity index (χ2v) is 5.02. The number of carbonyl (C=O) groups is 2. The minimum absolute atomic E-state index is 0.0406. The third-order valence-corrected chi connectivity index (χ3v) is 3.17. The molecule has 19 heavy (non-hydrogen) atoms. The van der Waals surface area contributed by atoms with Gasteiger partial charge in [-0.2, -0.15) is 0 Å². The van der Waals surface area contributed by atoms with Crippen LogP contribution < -0.4 is 4.74 Å². The molecule has 1 aromatic rings. The Balaban J connectivity index is 2.95. The van der Waals surface area contributed by atoms with E-state index in [1.807, 2.05) is 6.92 Å². The van der Waals surface area contributed by atoms with E-state index in [4.69, 9.17) is 9.84 Å². The highest BCUT2D eigenvalue weighted by atomic mass is 79.9. The summed E-state index contributed by atoms with van der Waals surface area (Å²) in [6.45, 7) is 3.99. The number of hydrogen-bond acceptors (Lipinski definition) is 3. The fourth-order valence-electron chi connectivity index (χ4n) is 1.50. The molecule has 0 aliphatic carbocycles. The summed E-state index contributed by atoms with van der Waals surface area (Å²) in [5, 5.41) is 9.14. The molecule has 0 unspecified atom stereocenters. The molecule has 1 N–H and O–H groups in total. The van der Waals surface area contributed by atoms with Gasteiger partial charge in [0.1, 0.15) is 11.3 Å². The van der Waals surface area contributed by atoms with Crippen LogP contribution in [0.25, 0.3) is 0 Å². The number of rotatable bonds is 5. The lowest BCUT2D eigenvalue weighted by molar-refractivity contribution is -0.131. The predicted octanol–water partition coefficient (Wildman–Crippen LogP) is 2.31. The molecule has 0 radical (unpaired) electrons. The number of benzene rings is 1. The number of carbonyl (C=O) groups excluding carboxylic acids is 1. The first-order chi connectivity index (χ1) is 8.86. The Bertz CT molecular complexity index is 502. The van der Waals surface area contributed by atoms with Crippen LogP contribution in [0.3, 0.4) is 0 Å². The molecule has 104 valence electrons. The highest BCUT2D eigenvalue weighted by Crippen LogP contribution is 2.28. The molecule has 0 aliphatic rings. The van der Waals surface area contributed by atoms with E-state index in [1.165, 1.54) is 11.0 Å². The second-order valence-electron chi connectivity index (χ2n) is 4.10. The molecule has 0 spiro atoms. The number of nitrogens with zero attached hydrogens (tertiary/aromatic N) is 1. The number of amides is 1. The molecule has 0 aromatic heterocycles. The van der Waals surface area contributed by atoms with E-state index in [-0.39, 0.29) is 23.8 Å². The first kappa shape index (κ1) is 15.5. The topological polar surface area (TPSA) is 66.8 Å². The number of halogens is 1. The van der Waals surface area contributed by atoms with Gasteiger partial charge in [0.2, 0.25) is 0 Å². The van der Waals surface area contributed by atoms with E-state index >= 15 is 0 Å². The molecule has 1 aromatic carbocycles. The number of carboxylic acid groups (broad SMARTS) is 1. The van der Waals surface area contributed by atoms with Gasteiger partial charge in [-0.25, -0.2) is 4.79 Å². The van der Waals surface area contributed by atoms with Crippen molar-refractivity contribution >= 4 is 27.8 Å². The zero-order valence-electron chi connectivity index (χ0n) is 11.1. The van der Waals surface area contributed by atoms with Crippen molar-refractivity contribution in [1.29, 1.82) is 0 Å². The monoisotopic (exact) mass is 329 g/mol. The SMILES string of the molecule is CCN(C)C(=O)COc1c(C)cc(Br)cc1C(=O)O. The van der Waals surface area contributed by atoms with E-state index < -0.39 is 5.97 Å². The number of aromatic carboxylic acids is 1. The molecule has 1 amide bonds. The van der Waals surface area contributed by atoms with Gasteiger partial charge in [0, 0.05) is 18.1 Å². The molecule has 1 rings (SSSR count). The first-order valence-electron chi connectivity index (χ1n) is 5.77. The summed E-state index contributed by atoms with van der Waals surface area (Å²) in [4.78, 5) is 24.3. The Morgan fingerprint density at radius 2 is 2.05 bits per heavy atom. The fraction of sp³-hybridized carbons (Fsp3) is 0.385. The van der Waals surface area contributed by atoms with Crippen molar-refractivity contribution in [2.45, 2.75) is 13.8 Å². The van der Waals surface area contributed by atoms with Crippen LogP contribution in [0.4, 0.5) is 0 Å². The normalized spacial score (nSPS) is 10.1. The van der Waals surface area contributed by atoms with Crippen LogP contribution in [0.2, 0.25) is 0 Å². The Kier molecular flexibility index (Phi) is 5.35. The van der Waals surface area contributed by atoms with Crippen molar-refractivity contribution in [3.8, 4) is 5.75 Å². The average molecular weight is 330 g/mol. The van der Waals surface area contributed by atoms with Crippen LogP contribution >= 0.6 is 15.9 Å². The minimum Gasteiger partial charge on any atom is -0.483 e. The summed E-state index contributed by atoms with van der Waals surface area (Å²) in [6, 6.07) is 3.20. The lowest BCUT2D eigenvalue weighted by Crippen LogP contribution is -2.31. The van der Waals surface area contributed by atoms with E-state index in [1.54, 1.807) is 20.0 Å². The van der Waals surface area contributed by atoms with Gasteiger partial charge in [-0.1, -0.05) is 15.9 Å². The van der Waals surface area contributed by atoms with Gasteiger partial charge >= 0.3 is 5.97 Å². The third-order valence-electron chi connectivity index (χ3n) is 2.71. The van der Waals surface area contributed by atoms with E-state index in [0.29, 0.717) is 16.6 Å². The van der Waals surface area contributed by atoms with Gasteiger partial charge in [0.15, 0.2) is 6.61 Å². The number of likely N-dealkylation sites (N-methyl/N-ethyl adjacent to an activating group) is 1. The van der Waals surface area contributed by atoms with E-state index in [0.717, 1.165) is 0 Å². The largest absolute Gasteiger partial charge is 0.483 e. The summed E-state index contributed by atoms with van der Waals surface area (Å²) in [5.74, 6) is -1.05. The summed E-state index contributed by atoms with van der Waals surface area (Å²) in [6.07, 6.45) is 0. The van der Waals surface area contributed by atoms with Crippen LogP contribution in [0.1, 0.15) is 22.8 Å². The smallest absolute Gasteiger partial charge is 0.339 e. The predicted molar refractivity (Wildman–Crippen MR) is 74.6 cm³/mol. The van der Waals surface area contributed by atoms with Gasteiger partial charge in [0.05, 0.1) is 0 Å². The standard InChI is InChI=1S/C13H16BrNO4/c1-4-15(3)11(16)7-19-12-8(2)5-9(14)6-10(12)13(17)18/h5-6H,4,7H2,1-3H3,(H,17,18). The van der Waals surface area contributed by atoms with Crippen LogP contribution in [0.5, 0.6) is 5.75 Å². The van der Waals surface area contributed by atoms with E-state index in [2.05, 4.69) is 15.9 Å². The molecule has 6 heteroatoms. The van der Waals surface area contributed by atoms with Crippen LogP contribution in [0, 0.1) is 6.92 Å². The Hall–Kier alpha value is -1.56. The average Bonchev–Trinajstić information content (AvgIpc) is 2.35.